The Morgan fingerprint density at radius 3 is 3.00 bits per heavy atom. The molecule has 1 aromatic rings. The molecular weight excluding hydrogens is 156 g/mol. The molecule has 3 heteroatoms. The van der Waals surface area contributed by atoms with E-state index in [2.05, 4.69) is 4.74 Å². The number of esters is 1. The molecule has 0 aromatic heterocycles. The number of fused-ring (bicyclic) bond motifs is 1. The lowest BCUT2D eigenvalue weighted by molar-refractivity contribution is -0.0687. The van der Waals surface area contributed by atoms with Crippen LogP contribution in [0.1, 0.15) is 15.9 Å². The van der Waals surface area contributed by atoms with Crippen LogP contribution in [0.4, 0.5) is 0 Å². The number of carbonyl (C=O) groups is 1. The summed E-state index contributed by atoms with van der Waals surface area (Å²) in [7, 11) is 0. The monoisotopic (exact) mass is 164 g/mol. The lowest BCUT2D eigenvalue weighted by Gasteiger charge is -2.19. The minimum atomic E-state index is -0.979. The van der Waals surface area contributed by atoms with E-state index >= 15 is 0 Å². The third-order valence-electron chi connectivity index (χ3n) is 1.87. The fraction of sp³-hybridized carbons (Fsp3) is 0.222. The lowest BCUT2D eigenvalue weighted by atomic mass is 10.0. The van der Waals surface area contributed by atoms with Crippen LogP contribution in [-0.4, -0.2) is 17.4 Å². The predicted octanol–water partition coefficient (Wildman–Crippen LogP) is 0.718. The van der Waals surface area contributed by atoms with E-state index in [4.69, 9.17) is 5.11 Å². The molecule has 1 aromatic carbocycles. The fourth-order valence-corrected chi connectivity index (χ4v) is 1.31. The number of hydrogen-bond acceptors (Lipinski definition) is 3. The molecule has 2 rings (SSSR count). The second-order valence-corrected chi connectivity index (χ2v) is 2.72. The Morgan fingerprint density at radius 2 is 2.17 bits per heavy atom. The minimum Gasteiger partial charge on any atom is -0.432 e. The summed E-state index contributed by atoms with van der Waals surface area (Å²) in [5.41, 5.74) is 1.41. The van der Waals surface area contributed by atoms with Gasteiger partial charge in [-0.05, 0) is 11.6 Å². The van der Waals surface area contributed by atoms with Gasteiger partial charge in [0.25, 0.3) is 0 Å². The second kappa shape index (κ2) is 2.60. The average molecular weight is 164 g/mol. The lowest BCUT2D eigenvalue weighted by Crippen LogP contribution is -2.26. The summed E-state index contributed by atoms with van der Waals surface area (Å²) in [6.07, 6.45) is -0.588. The van der Waals surface area contributed by atoms with Crippen molar-refractivity contribution in [2.24, 2.45) is 0 Å². The Bertz CT molecular complexity index is 319. The third-order valence-corrected chi connectivity index (χ3v) is 1.87. The maximum Gasteiger partial charge on any atom is 0.340 e. The molecule has 62 valence electrons. The molecule has 0 radical (unpaired) electrons. The van der Waals surface area contributed by atoms with Gasteiger partial charge in [0.15, 0.2) is 0 Å². The number of aliphatic hydroxyl groups is 1. The summed E-state index contributed by atoms with van der Waals surface area (Å²) in [6, 6.07) is 7.13. The summed E-state index contributed by atoms with van der Waals surface area (Å²) in [5, 5.41) is 9.08. The molecule has 1 heterocycles. The SMILES string of the molecule is O=C1OC(O)Cc2ccccc21. The standard InChI is InChI=1S/C9H8O3/c10-8-5-6-3-1-2-4-7(6)9(11)12-8/h1-4,8,10H,5H2. The van der Waals surface area contributed by atoms with Crippen molar-refractivity contribution >= 4 is 5.97 Å². The number of aliphatic hydroxyl groups excluding tert-OH is 1. The van der Waals surface area contributed by atoms with E-state index in [-0.39, 0.29) is 0 Å². The molecule has 0 bridgehead atoms. The molecule has 1 aliphatic heterocycles. The smallest absolute Gasteiger partial charge is 0.340 e. The summed E-state index contributed by atoms with van der Waals surface area (Å²) < 4.78 is 4.63. The molecule has 1 aliphatic rings. The van der Waals surface area contributed by atoms with Crippen molar-refractivity contribution in [3.63, 3.8) is 0 Å². The van der Waals surface area contributed by atoms with Gasteiger partial charge >= 0.3 is 5.97 Å². The zero-order valence-electron chi connectivity index (χ0n) is 6.36. The molecule has 0 amide bonds. The Morgan fingerprint density at radius 1 is 1.42 bits per heavy atom. The molecule has 0 fully saturated rings. The Labute approximate surface area is 69.6 Å². The summed E-state index contributed by atoms with van der Waals surface area (Å²) in [6.45, 7) is 0. The number of cyclic esters (lactones) is 1. The van der Waals surface area contributed by atoms with Crippen LogP contribution in [0.15, 0.2) is 24.3 Å². The summed E-state index contributed by atoms with van der Waals surface area (Å²) in [5.74, 6) is -0.440. The van der Waals surface area contributed by atoms with Gasteiger partial charge in [0.2, 0.25) is 6.29 Å². The number of ether oxygens (including phenoxy) is 1. The first-order chi connectivity index (χ1) is 5.77. The van der Waals surface area contributed by atoms with Crippen LogP contribution < -0.4 is 0 Å². The van der Waals surface area contributed by atoms with E-state index in [1.807, 2.05) is 12.1 Å². The normalized spacial score (nSPS) is 21.4. The van der Waals surface area contributed by atoms with E-state index in [0.717, 1.165) is 5.56 Å². The van der Waals surface area contributed by atoms with Crippen molar-refractivity contribution in [1.29, 1.82) is 0 Å². The first-order valence-corrected chi connectivity index (χ1v) is 3.74. The fourth-order valence-electron chi connectivity index (χ4n) is 1.31. The molecule has 0 spiro atoms. The third kappa shape index (κ3) is 1.08. The van der Waals surface area contributed by atoms with Gasteiger partial charge in [-0.25, -0.2) is 4.79 Å². The summed E-state index contributed by atoms with van der Waals surface area (Å²) in [4.78, 5) is 11.1. The van der Waals surface area contributed by atoms with Crippen molar-refractivity contribution in [2.45, 2.75) is 12.7 Å². The quantitative estimate of drug-likeness (QED) is 0.574. The number of hydrogen-bond donors (Lipinski definition) is 1. The van der Waals surface area contributed by atoms with Crippen molar-refractivity contribution in [2.75, 3.05) is 0 Å². The maximum absolute atomic E-state index is 11.1. The van der Waals surface area contributed by atoms with Gasteiger partial charge in [-0.3, -0.25) is 0 Å². The average Bonchev–Trinajstić information content (AvgIpc) is 2.04. The number of rotatable bonds is 0. The van der Waals surface area contributed by atoms with Crippen LogP contribution in [0.5, 0.6) is 0 Å². The highest BCUT2D eigenvalue weighted by atomic mass is 16.6. The molecule has 0 saturated heterocycles. The Balaban J connectivity index is 2.47. The van der Waals surface area contributed by atoms with Crippen LogP contribution >= 0.6 is 0 Å². The Kier molecular flexibility index (Phi) is 1.59. The van der Waals surface area contributed by atoms with E-state index < -0.39 is 12.3 Å². The predicted molar refractivity (Wildman–Crippen MR) is 41.6 cm³/mol. The van der Waals surface area contributed by atoms with E-state index in [1.54, 1.807) is 12.1 Å². The molecule has 3 nitrogen and oxygen atoms in total. The van der Waals surface area contributed by atoms with E-state index in [1.165, 1.54) is 0 Å². The van der Waals surface area contributed by atoms with Gasteiger partial charge in [0.1, 0.15) is 0 Å². The van der Waals surface area contributed by atoms with Crippen molar-refractivity contribution in [3.05, 3.63) is 35.4 Å². The number of carbonyl (C=O) groups excluding carboxylic acids is 1. The van der Waals surface area contributed by atoms with Crippen LogP contribution in [0.2, 0.25) is 0 Å². The number of benzene rings is 1. The molecule has 0 saturated carbocycles. The minimum absolute atomic E-state index is 0.391. The van der Waals surface area contributed by atoms with Crippen LogP contribution in [-0.2, 0) is 11.2 Å². The van der Waals surface area contributed by atoms with Crippen molar-refractivity contribution < 1.29 is 14.6 Å². The Hall–Kier alpha value is -1.35. The largest absolute Gasteiger partial charge is 0.432 e. The highest BCUT2D eigenvalue weighted by Gasteiger charge is 2.23. The second-order valence-electron chi connectivity index (χ2n) is 2.72. The van der Waals surface area contributed by atoms with Gasteiger partial charge in [-0.2, -0.15) is 0 Å². The topological polar surface area (TPSA) is 46.5 Å². The van der Waals surface area contributed by atoms with E-state index in [9.17, 15) is 4.79 Å². The molecule has 1 N–H and O–H groups in total. The van der Waals surface area contributed by atoms with E-state index in [0.29, 0.717) is 12.0 Å². The van der Waals surface area contributed by atoms with Crippen LogP contribution in [0, 0.1) is 0 Å². The zero-order valence-corrected chi connectivity index (χ0v) is 6.36. The molecule has 0 aliphatic carbocycles. The molecule has 1 unspecified atom stereocenters. The molecular formula is C9H8O3. The first kappa shape index (κ1) is 7.31. The highest BCUT2D eigenvalue weighted by Crippen LogP contribution is 2.18. The zero-order chi connectivity index (χ0) is 8.55. The summed E-state index contributed by atoms with van der Waals surface area (Å²) >= 11 is 0. The van der Waals surface area contributed by atoms with Gasteiger partial charge in [-0.15, -0.1) is 0 Å². The van der Waals surface area contributed by atoms with Crippen molar-refractivity contribution in [3.8, 4) is 0 Å². The first-order valence-electron chi connectivity index (χ1n) is 3.74. The van der Waals surface area contributed by atoms with Crippen LogP contribution in [0.25, 0.3) is 0 Å². The van der Waals surface area contributed by atoms with Crippen molar-refractivity contribution in [1.82, 2.24) is 0 Å². The van der Waals surface area contributed by atoms with Crippen LogP contribution in [0.3, 0.4) is 0 Å². The molecule has 12 heavy (non-hydrogen) atoms. The van der Waals surface area contributed by atoms with Gasteiger partial charge in [0, 0.05) is 6.42 Å². The highest BCUT2D eigenvalue weighted by molar-refractivity contribution is 5.92. The maximum atomic E-state index is 11.1. The van der Waals surface area contributed by atoms with Gasteiger partial charge in [-0.1, -0.05) is 18.2 Å². The molecule has 1 atom stereocenters. The van der Waals surface area contributed by atoms with Gasteiger partial charge in [0.05, 0.1) is 5.56 Å². The van der Waals surface area contributed by atoms with Gasteiger partial charge < -0.3 is 9.84 Å².